The zero-order chi connectivity index (χ0) is 28.6. The molecule has 5 aromatic carbocycles. The van der Waals surface area contributed by atoms with Gasteiger partial charge in [-0.15, -0.1) is 0 Å². The quantitative estimate of drug-likeness (QED) is 0.158. The van der Waals surface area contributed by atoms with Gasteiger partial charge >= 0.3 is 7.12 Å². The van der Waals surface area contributed by atoms with E-state index in [1.54, 1.807) is 12.1 Å². The molecule has 0 amide bonds. The Morgan fingerprint density at radius 2 is 1.40 bits per heavy atom. The fourth-order valence-electron chi connectivity index (χ4n) is 5.90. The summed E-state index contributed by atoms with van der Waals surface area (Å²) in [5.41, 5.74) is 8.13. The van der Waals surface area contributed by atoms with Crippen LogP contribution < -0.4 is 5.46 Å². The third-order valence-corrected chi connectivity index (χ3v) is 7.84. The van der Waals surface area contributed by atoms with Crippen LogP contribution in [0.15, 0.2) is 145 Å². The first-order chi connectivity index (χ1) is 20.6. The normalized spacial score (nSPS) is 12.0. The summed E-state index contributed by atoms with van der Waals surface area (Å²) in [5.74, 6) is 0. The Kier molecular flexibility index (Phi) is 6.59. The van der Waals surface area contributed by atoms with Gasteiger partial charge in [-0.2, -0.15) is 0 Å². The number of furan rings is 1. The van der Waals surface area contributed by atoms with Gasteiger partial charge in [0.2, 0.25) is 0 Å². The van der Waals surface area contributed by atoms with E-state index in [-0.39, 0.29) is 0 Å². The van der Waals surface area contributed by atoms with Crippen LogP contribution >= 0.6 is 0 Å². The lowest BCUT2D eigenvalue weighted by Gasteiger charge is -2.09. The van der Waals surface area contributed by atoms with Crippen molar-refractivity contribution >= 4 is 56.3 Å². The number of rotatable bonds is 7. The summed E-state index contributed by atoms with van der Waals surface area (Å²) < 4.78 is 8.69. The summed E-state index contributed by atoms with van der Waals surface area (Å²) in [6.45, 7) is 3.73. The minimum atomic E-state index is -1.62. The van der Waals surface area contributed by atoms with E-state index in [2.05, 4.69) is 84.0 Å². The molecular weight excluding hydrogens is 517 g/mol. The van der Waals surface area contributed by atoms with Crippen LogP contribution in [0.4, 0.5) is 0 Å². The Balaban J connectivity index is 1.49. The summed E-state index contributed by atoms with van der Waals surface area (Å²) in [7, 11) is -1.62. The molecule has 202 valence electrons. The SMILES string of the molecule is C=C/C=C\C=C/Cc1ccc2c(c1)c1cc(-c3ccccc3)ccc1n2-c1cccc2c1oc1c(B(O)O)cccc12. The van der Waals surface area contributed by atoms with Crippen LogP contribution in [0.2, 0.25) is 0 Å². The largest absolute Gasteiger partial charge is 0.492 e. The molecule has 5 heteroatoms. The van der Waals surface area contributed by atoms with Gasteiger partial charge in [0, 0.05) is 27.0 Å². The number of nitrogens with zero attached hydrogens (tertiary/aromatic N) is 1. The molecule has 2 heterocycles. The standard InChI is InChI=1S/C37H28BNO3/c1-2-3-4-5-7-12-25-19-21-33-30(23-25)31-24-27(26-13-8-6-9-14-26)20-22-34(31)39(33)35-18-11-16-29-28-15-10-17-32(38(40)41)36(28)42-37(29)35/h2-11,13-24,40-41H,1,12H2/b4-3-,7-5-. The van der Waals surface area contributed by atoms with Crippen LogP contribution in [-0.4, -0.2) is 21.7 Å². The number of aromatic nitrogens is 1. The molecule has 0 saturated carbocycles. The molecule has 0 saturated heterocycles. The molecule has 0 unspecified atom stereocenters. The summed E-state index contributed by atoms with van der Waals surface area (Å²) in [4.78, 5) is 0. The van der Waals surface area contributed by atoms with E-state index in [1.165, 1.54) is 11.1 Å². The van der Waals surface area contributed by atoms with E-state index in [0.717, 1.165) is 50.2 Å². The van der Waals surface area contributed by atoms with Crippen LogP contribution in [0.1, 0.15) is 5.56 Å². The van der Waals surface area contributed by atoms with Crippen molar-refractivity contribution in [2.45, 2.75) is 6.42 Å². The third-order valence-electron chi connectivity index (χ3n) is 7.84. The fraction of sp³-hybridized carbons (Fsp3) is 0.0270. The van der Waals surface area contributed by atoms with Gasteiger partial charge in [-0.25, -0.2) is 0 Å². The topological polar surface area (TPSA) is 58.5 Å². The smallest absolute Gasteiger partial charge is 0.454 e. The van der Waals surface area contributed by atoms with E-state index in [4.69, 9.17) is 4.42 Å². The highest BCUT2D eigenvalue weighted by atomic mass is 16.4. The first-order valence-corrected chi connectivity index (χ1v) is 14.0. The predicted octanol–water partition coefficient (Wildman–Crippen LogP) is 7.87. The van der Waals surface area contributed by atoms with Crippen LogP contribution in [-0.2, 0) is 6.42 Å². The molecule has 0 atom stereocenters. The second-order valence-corrected chi connectivity index (χ2v) is 10.4. The van der Waals surface area contributed by atoms with Crippen LogP contribution in [0.5, 0.6) is 0 Å². The van der Waals surface area contributed by atoms with Crippen LogP contribution in [0.25, 0.3) is 60.6 Å². The number of hydrogen-bond acceptors (Lipinski definition) is 3. The Morgan fingerprint density at radius 1 is 0.667 bits per heavy atom. The van der Waals surface area contributed by atoms with Gasteiger partial charge in [-0.1, -0.05) is 110 Å². The Hall–Kier alpha value is -5.10. The lowest BCUT2D eigenvalue weighted by Crippen LogP contribution is -2.29. The van der Waals surface area contributed by atoms with Gasteiger partial charge in [0.15, 0.2) is 5.58 Å². The zero-order valence-corrected chi connectivity index (χ0v) is 22.9. The molecule has 0 spiro atoms. The maximum absolute atomic E-state index is 10.0. The van der Waals surface area contributed by atoms with Crippen molar-refractivity contribution in [1.82, 2.24) is 4.57 Å². The second-order valence-electron chi connectivity index (χ2n) is 10.4. The van der Waals surface area contributed by atoms with E-state index in [9.17, 15) is 10.0 Å². The number of para-hydroxylation sites is 2. The van der Waals surface area contributed by atoms with Gasteiger partial charge in [0.05, 0.1) is 16.7 Å². The molecule has 7 rings (SSSR count). The van der Waals surface area contributed by atoms with Crippen LogP contribution in [0, 0.1) is 0 Å². The minimum absolute atomic E-state index is 0.352. The molecule has 0 fully saturated rings. The molecule has 0 aliphatic rings. The average Bonchev–Trinajstić information content (AvgIpc) is 3.56. The Morgan fingerprint density at radius 3 is 2.19 bits per heavy atom. The van der Waals surface area contributed by atoms with E-state index >= 15 is 0 Å². The highest BCUT2D eigenvalue weighted by molar-refractivity contribution is 6.61. The van der Waals surface area contributed by atoms with E-state index in [0.29, 0.717) is 16.6 Å². The van der Waals surface area contributed by atoms with Crippen molar-refractivity contribution in [2.24, 2.45) is 0 Å². The van der Waals surface area contributed by atoms with Gasteiger partial charge in [0.1, 0.15) is 5.58 Å². The molecule has 7 aromatic rings. The minimum Gasteiger partial charge on any atom is -0.454 e. The molecule has 0 bridgehead atoms. The summed E-state index contributed by atoms with van der Waals surface area (Å²) >= 11 is 0. The Labute approximate surface area is 243 Å². The van der Waals surface area contributed by atoms with Crippen molar-refractivity contribution in [3.05, 3.63) is 146 Å². The summed E-state index contributed by atoms with van der Waals surface area (Å²) in [6, 6.07) is 35.3. The molecule has 0 aliphatic heterocycles. The molecule has 2 N–H and O–H groups in total. The Bertz CT molecular complexity index is 2170. The first-order valence-electron chi connectivity index (χ1n) is 14.0. The molecule has 42 heavy (non-hydrogen) atoms. The van der Waals surface area contributed by atoms with Gasteiger partial charge in [-0.3, -0.25) is 0 Å². The third kappa shape index (κ3) is 4.36. The first kappa shape index (κ1) is 25.8. The van der Waals surface area contributed by atoms with Crippen molar-refractivity contribution in [2.75, 3.05) is 0 Å². The predicted molar refractivity (Wildman–Crippen MR) is 176 cm³/mol. The summed E-state index contributed by atoms with van der Waals surface area (Å²) in [5, 5.41) is 24.1. The van der Waals surface area contributed by atoms with Gasteiger partial charge < -0.3 is 19.0 Å². The number of benzene rings is 5. The van der Waals surface area contributed by atoms with E-state index in [1.807, 2.05) is 48.6 Å². The number of hydrogen-bond donors (Lipinski definition) is 2. The summed E-state index contributed by atoms with van der Waals surface area (Å²) in [6.07, 6.45) is 10.7. The van der Waals surface area contributed by atoms with Crippen molar-refractivity contribution in [3.63, 3.8) is 0 Å². The van der Waals surface area contributed by atoms with Gasteiger partial charge in [-0.05, 0) is 53.4 Å². The lowest BCUT2D eigenvalue weighted by molar-refractivity contribution is 0.425. The molecule has 0 aliphatic carbocycles. The molecular formula is C37H28BNO3. The lowest BCUT2D eigenvalue weighted by atomic mass is 9.79. The van der Waals surface area contributed by atoms with Crippen molar-refractivity contribution in [1.29, 1.82) is 0 Å². The van der Waals surface area contributed by atoms with Crippen molar-refractivity contribution < 1.29 is 14.5 Å². The molecule has 0 radical (unpaired) electrons. The maximum Gasteiger partial charge on any atom is 0.492 e. The number of fused-ring (bicyclic) bond motifs is 6. The highest BCUT2D eigenvalue weighted by Gasteiger charge is 2.22. The van der Waals surface area contributed by atoms with E-state index < -0.39 is 7.12 Å². The second kappa shape index (κ2) is 10.7. The molecule has 4 nitrogen and oxygen atoms in total. The molecule has 2 aromatic heterocycles. The van der Waals surface area contributed by atoms with Crippen molar-refractivity contribution in [3.8, 4) is 16.8 Å². The maximum atomic E-state index is 10.0. The zero-order valence-electron chi connectivity index (χ0n) is 22.9. The highest BCUT2D eigenvalue weighted by Crippen LogP contribution is 2.39. The number of allylic oxidation sites excluding steroid dienone is 5. The fourth-order valence-corrected chi connectivity index (χ4v) is 5.90. The monoisotopic (exact) mass is 545 g/mol. The van der Waals surface area contributed by atoms with Gasteiger partial charge in [0.25, 0.3) is 0 Å². The average molecular weight is 545 g/mol. The van der Waals surface area contributed by atoms with Crippen LogP contribution in [0.3, 0.4) is 0 Å².